The summed E-state index contributed by atoms with van der Waals surface area (Å²) in [6.45, 7) is 1.26. The van der Waals surface area contributed by atoms with Crippen molar-refractivity contribution in [3.05, 3.63) is 36.4 Å². The lowest BCUT2D eigenvalue weighted by Crippen LogP contribution is -2.48. The summed E-state index contributed by atoms with van der Waals surface area (Å²) >= 11 is 0. The molecule has 24 heavy (non-hydrogen) atoms. The second-order valence-electron chi connectivity index (χ2n) is 5.68. The zero-order valence-corrected chi connectivity index (χ0v) is 13.5. The van der Waals surface area contributed by atoms with Gasteiger partial charge >= 0.3 is 6.03 Å². The van der Waals surface area contributed by atoms with Crippen molar-refractivity contribution in [2.75, 3.05) is 20.1 Å². The molecule has 126 valence electrons. The van der Waals surface area contributed by atoms with Gasteiger partial charge in [-0.05, 0) is 30.5 Å². The number of hydrogen-bond donors (Lipinski definition) is 3. The van der Waals surface area contributed by atoms with Gasteiger partial charge in [-0.25, -0.2) is 4.79 Å². The Morgan fingerprint density at radius 2 is 1.96 bits per heavy atom. The Bertz CT molecular complexity index is 706. The van der Waals surface area contributed by atoms with Gasteiger partial charge in [0.05, 0.1) is 6.20 Å². The van der Waals surface area contributed by atoms with Crippen LogP contribution in [-0.2, 0) is 0 Å². The van der Waals surface area contributed by atoms with Crippen LogP contribution in [-0.4, -0.2) is 58.2 Å². The fourth-order valence-corrected chi connectivity index (χ4v) is 2.85. The number of aromatic nitrogens is 3. The number of urea groups is 1. The minimum Gasteiger partial charge on any atom is -0.348 e. The third kappa shape index (κ3) is 3.37. The highest BCUT2D eigenvalue weighted by atomic mass is 16.2. The van der Waals surface area contributed by atoms with E-state index in [4.69, 9.17) is 0 Å². The number of carbonyl (C=O) groups excluding carboxylic acids is 2. The summed E-state index contributed by atoms with van der Waals surface area (Å²) in [5.41, 5.74) is 2.07. The molecule has 0 aromatic carbocycles. The van der Waals surface area contributed by atoms with E-state index in [2.05, 4.69) is 25.8 Å². The zero-order chi connectivity index (χ0) is 16.9. The van der Waals surface area contributed by atoms with Crippen LogP contribution >= 0.6 is 0 Å². The normalized spacial score (nSPS) is 15.1. The molecule has 0 aliphatic carbocycles. The first kappa shape index (κ1) is 16.0. The number of amides is 3. The van der Waals surface area contributed by atoms with Crippen LogP contribution in [0.4, 0.5) is 4.79 Å². The molecule has 2 aromatic rings. The summed E-state index contributed by atoms with van der Waals surface area (Å²) in [4.78, 5) is 29.9. The van der Waals surface area contributed by atoms with Crippen molar-refractivity contribution in [3.8, 4) is 11.1 Å². The predicted molar refractivity (Wildman–Crippen MR) is 88.3 cm³/mol. The number of likely N-dealkylation sites (tertiary alicyclic amines) is 1. The van der Waals surface area contributed by atoms with E-state index in [1.54, 1.807) is 30.5 Å². The lowest BCUT2D eigenvalue weighted by atomic mass is 10.0. The molecule has 0 saturated carbocycles. The van der Waals surface area contributed by atoms with Crippen LogP contribution in [0.2, 0.25) is 0 Å². The van der Waals surface area contributed by atoms with Gasteiger partial charge in [0.1, 0.15) is 5.69 Å². The highest BCUT2D eigenvalue weighted by molar-refractivity contribution is 5.99. The van der Waals surface area contributed by atoms with E-state index in [1.165, 1.54) is 0 Å². The van der Waals surface area contributed by atoms with E-state index in [-0.39, 0.29) is 18.0 Å². The molecule has 3 heterocycles. The van der Waals surface area contributed by atoms with Crippen LogP contribution in [0.25, 0.3) is 11.1 Å². The molecule has 3 rings (SSSR count). The number of nitrogens with zero attached hydrogens (tertiary/aromatic N) is 3. The summed E-state index contributed by atoms with van der Waals surface area (Å²) in [5, 5.41) is 12.4. The van der Waals surface area contributed by atoms with Crippen LogP contribution in [0, 0.1) is 0 Å². The molecule has 2 aromatic heterocycles. The average Bonchev–Trinajstić information content (AvgIpc) is 3.12. The number of rotatable bonds is 3. The van der Waals surface area contributed by atoms with Gasteiger partial charge in [0.2, 0.25) is 0 Å². The van der Waals surface area contributed by atoms with Crippen LogP contribution in [0.5, 0.6) is 0 Å². The lowest BCUT2D eigenvalue weighted by Gasteiger charge is -2.32. The standard InChI is InChI=1S/C16H20N6O2/c1-17-16(24)22-8-4-12(5-9-22)20-15(23)14-13(10-19-21-14)11-2-6-18-7-3-11/h2-3,6-7,10,12H,4-5,8-9H2,1H3,(H,17,24)(H,19,21)(H,20,23). The Morgan fingerprint density at radius 1 is 1.25 bits per heavy atom. The molecule has 0 atom stereocenters. The number of piperidine rings is 1. The fraction of sp³-hybridized carbons (Fsp3) is 0.375. The zero-order valence-electron chi connectivity index (χ0n) is 13.5. The second kappa shape index (κ2) is 7.12. The Hall–Kier alpha value is -2.90. The topological polar surface area (TPSA) is 103 Å². The number of hydrogen-bond acceptors (Lipinski definition) is 4. The Labute approximate surface area is 139 Å². The number of H-pyrrole nitrogens is 1. The van der Waals surface area contributed by atoms with E-state index in [1.807, 2.05) is 12.1 Å². The highest BCUT2D eigenvalue weighted by Gasteiger charge is 2.25. The van der Waals surface area contributed by atoms with Crippen molar-refractivity contribution in [2.24, 2.45) is 0 Å². The van der Waals surface area contributed by atoms with Gasteiger partial charge in [-0.2, -0.15) is 5.10 Å². The van der Waals surface area contributed by atoms with Crippen molar-refractivity contribution >= 4 is 11.9 Å². The molecule has 0 spiro atoms. The number of aromatic amines is 1. The van der Waals surface area contributed by atoms with Gasteiger partial charge in [-0.3, -0.25) is 14.9 Å². The SMILES string of the molecule is CNC(=O)N1CCC(NC(=O)c2[nH]ncc2-c2ccncc2)CC1. The molecular formula is C16H20N6O2. The molecule has 0 unspecified atom stereocenters. The number of nitrogens with one attached hydrogen (secondary N) is 3. The molecule has 0 bridgehead atoms. The maximum absolute atomic E-state index is 12.5. The third-order valence-corrected chi connectivity index (χ3v) is 4.19. The summed E-state index contributed by atoms with van der Waals surface area (Å²) in [6, 6.07) is 3.65. The largest absolute Gasteiger partial charge is 0.348 e. The van der Waals surface area contributed by atoms with E-state index in [0.29, 0.717) is 18.8 Å². The first-order valence-corrected chi connectivity index (χ1v) is 7.90. The van der Waals surface area contributed by atoms with Gasteiger partial charge in [0.15, 0.2) is 0 Å². The average molecular weight is 328 g/mol. The monoisotopic (exact) mass is 328 g/mol. The smallest absolute Gasteiger partial charge is 0.317 e. The van der Waals surface area contributed by atoms with E-state index in [9.17, 15) is 9.59 Å². The molecule has 1 aliphatic heterocycles. The van der Waals surface area contributed by atoms with Crippen molar-refractivity contribution in [1.29, 1.82) is 0 Å². The first-order valence-electron chi connectivity index (χ1n) is 7.90. The van der Waals surface area contributed by atoms with Crippen LogP contribution in [0.1, 0.15) is 23.3 Å². The maximum atomic E-state index is 12.5. The molecular weight excluding hydrogens is 308 g/mol. The van der Waals surface area contributed by atoms with Crippen molar-refractivity contribution < 1.29 is 9.59 Å². The van der Waals surface area contributed by atoms with Gasteiger partial charge in [0.25, 0.3) is 5.91 Å². The number of carbonyl (C=O) groups is 2. The minimum atomic E-state index is -0.183. The maximum Gasteiger partial charge on any atom is 0.317 e. The molecule has 3 amide bonds. The molecule has 8 nitrogen and oxygen atoms in total. The van der Waals surface area contributed by atoms with Crippen LogP contribution < -0.4 is 10.6 Å². The van der Waals surface area contributed by atoms with Gasteiger partial charge in [-0.15, -0.1) is 0 Å². The molecule has 0 radical (unpaired) electrons. The molecule has 8 heteroatoms. The van der Waals surface area contributed by atoms with Crippen molar-refractivity contribution in [3.63, 3.8) is 0 Å². The van der Waals surface area contributed by atoms with E-state index < -0.39 is 0 Å². The molecule has 1 fully saturated rings. The van der Waals surface area contributed by atoms with Crippen molar-refractivity contribution in [2.45, 2.75) is 18.9 Å². The first-order chi connectivity index (χ1) is 11.7. The summed E-state index contributed by atoms with van der Waals surface area (Å²) in [6.07, 6.45) is 6.46. The lowest BCUT2D eigenvalue weighted by molar-refractivity contribution is 0.0913. The number of pyridine rings is 1. The van der Waals surface area contributed by atoms with E-state index in [0.717, 1.165) is 24.0 Å². The van der Waals surface area contributed by atoms with Gasteiger partial charge < -0.3 is 15.5 Å². The Kier molecular flexibility index (Phi) is 4.74. The third-order valence-electron chi connectivity index (χ3n) is 4.19. The highest BCUT2D eigenvalue weighted by Crippen LogP contribution is 2.21. The quantitative estimate of drug-likeness (QED) is 0.782. The van der Waals surface area contributed by atoms with Crippen LogP contribution in [0.3, 0.4) is 0 Å². The minimum absolute atomic E-state index is 0.0481. The second-order valence-corrected chi connectivity index (χ2v) is 5.68. The summed E-state index contributed by atoms with van der Waals surface area (Å²) in [5.74, 6) is -0.183. The van der Waals surface area contributed by atoms with Gasteiger partial charge in [0, 0.05) is 44.1 Å². The molecule has 3 N–H and O–H groups in total. The predicted octanol–water partition coefficient (Wildman–Crippen LogP) is 1.01. The van der Waals surface area contributed by atoms with Crippen LogP contribution in [0.15, 0.2) is 30.7 Å². The Morgan fingerprint density at radius 3 is 2.62 bits per heavy atom. The van der Waals surface area contributed by atoms with Crippen molar-refractivity contribution in [1.82, 2.24) is 30.7 Å². The molecule has 1 saturated heterocycles. The molecule has 1 aliphatic rings. The summed E-state index contributed by atoms with van der Waals surface area (Å²) < 4.78 is 0. The summed E-state index contributed by atoms with van der Waals surface area (Å²) in [7, 11) is 1.62. The van der Waals surface area contributed by atoms with E-state index >= 15 is 0 Å². The van der Waals surface area contributed by atoms with Gasteiger partial charge in [-0.1, -0.05) is 0 Å². The fourth-order valence-electron chi connectivity index (χ4n) is 2.85. The Balaban J connectivity index is 1.63.